The normalized spacial score (nSPS) is 25.9. The van der Waals surface area contributed by atoms with E-state index in [1.165, 1.54) is 35.8 Å². The standard InChI is InChI=1S/C26H40O2/c1-20(2)10-7-13-23(5)24-18-16-21(3)11-8-14-25(26(27)28-6)15-9-12-22(4)17-19-24/h10-11,13,15,17,24H,7-9,12,14,16,18-19H2,1-6H3/b21-11+,22-17+,23-13+,25-15+/t24-/m1/s1. The number of hydrogen-bond donors (Lipinski definition) is 0. The largest absolute Gasteiger partial charge is 0.466 e. The van der Waals surface area contributed by atoms with Gasteiger partial charge in [-0.05, 0) is 91.9 Å². The minimum atomic E-state index is -0.183. The molecule has 1 aliphatic carbocycles. The second-order valence-electron chi connectivity index (χ2n) is 8.34. The van der Waals surface area contributed by atoms with Crippen LogP contribution in [0, 0.1) is 5.92 Å². The summed E-state index contributed by atoms with van der Waals surface area (Å²) in [5.74, 6) is 0.421. The van der Waals surface area contributed by atoms with E-state index >= 15 is 0 Å². The van der Waals surface area contributed by atoms with Crippen LogP contribution >= 0.6 is 0 Å². The summed E-state index contributed by atoms with van der Waals surface area (Å²) in [7, 11) is 1.47. The summed E-state index contributed by atoms with van der Waals surface area (Å²) >= 11 is 0. The second kappa shape index (κ2) is 13.4. The minimum absolute atomic E-state index is 0.183. The fourth-order valence-electron chi connectivity index (χ4n) is 3.49. The number of rotatable bonds is 4. The first-order chi connectivity index (χ1) is 13.3. The van der Waals surface area contributed by atoms with E-state index < -0.39 is 0 Å². The predicted octanol–water partition coefficient (Wildman–Crippen LogP) is 7.64. The third-order valence-corrected chi connectivity index (χ3v) is 5.53. The van der Waals surface area contributed by atoms with Gasteiger partial charge in [0.05, 0.1) is 7.11 Å². The van der Waals surface area contributed by atoms with Gasteiger partial charge in [0.1, 0.15) is 0 Å². The van der Waals surface area contributed by atoms with Gasteiger partial charge in [-0.15, -0.1) is 0 Å². The molecule has 1 atom stereocenters. The number of allylic oxidation sites excluding steroid dienone is 9. The molecule has 0 radical (unpaired) electrons. The molecule has 0 fully saturated rings. The van der Waals surface area contributed by atoms with Gasteiger partial charge in [-0.1, -0.05) is 52.7 Å². The van der Waals surface area contributed by atoms with Crippen LogP contribution in [0.4, 0.5) is 0 Å². The van der Waals surface area contributed by atoms with Crippen molar-refractivity contribution < 1.29 is 9.53 Å². The third-order valence-electron chi connectivity index (χ3n) is 5.53. The van der Waals surface area contributed by atoms with Gasteiger partial charge in [-0.2, -0.15) is 0 Å². The number of ether oxygens (including phenoxy) is 1. The molecular formula is C26H40O2. The number of esters is 1. The van der Waals surface area contributed by atoms with E-state index in [-0.39, 0.29) is 5.97 Å². The van der Waals surface area contributed by atoms with E-state index in [1.54, 1.807) is 0 Å². The molecule has 28 heavy (non-hydrogen) atoms. The Morgan fingerprint density at radius 3 is 2.36 bits per heavy atom. The van der Waals surface area contributed by atoms with Gasteiger partial charge in [0.15, 0.2) is 0 Å². The van der Waals surface area contributed by atoms with Crippen LogP contribution < -0.4 is 0 Å². The molecule has 0 N–H and O–H groups in total. The van der Waals surface area contributed by atoms with Crippen molar-refractivity contribution in [1.29, 1.82) is 0 Å². The van der Waals surface area contributed by atoms with E-state index in [9.17, 15) is 4.79 Å². The Morgan fingerprint density at radius 1 is 1.00 bits per heavy atom. The van der Waals surface area contributed by atoms with E-state index in [4.69, 9.17) is 4.74 Å². The monoisotopic (exact) mass is 384 g/mol. The van der Waals surface area contributed by atoms with Crippen molar-refractivity contribution >= 4 is 5.97 Å². The van der Waals surface area contributed by atoms with Crippen LogP contribution in [0.15, 0.2) is 58.2 Å². The lowest BCUT2D eigenvalue weighted by atomic mass is 9.88. The summed E-state index contributed by atoms with van der Waals surface area (Å²) in [5, 5.41) is 0. The molecule has 0 aromatic rings. The molecule has 2 heteroatoms. The lowest BCUT2D eigenvalue weighted by Crippen LogP contribution is -2.05. The smallest absolute Gasteiger partial charge is 0.333 e. The van der Waals surface area contributed by atoms with Crippen LogP contribution in [0.25, 0.3) is 0 Å². The molecule has 1 aliphatic rings. The molecule has 156 valence electrons. The van der Waals surface area contributed by atoms with Crippen molar-refractivity contribution in [3.05, 3.63) is 58.2 Å². The minimum Gasteiger partial charge on any atom is -0.466 e. The quantitative estimate of drug-likeness (QED) is 0.367. The first-order valence-corrected chi connectivity index (χ1v) is 10.7. The molecule has 0 aromatic carbocycles. The van der Waals surface area contributed by atoms with Crippen LogP contribution in [0.5, 0.6) is 0 Å². The topological polar surface area (TPSA) is 26.3 Å². The number of carbonyl (C=O) groups is 1. The van der Waals surface area contributed by atoms with Gasteiger partial charge < -0.3 is 4.74 Å². The second-order valence-corrected chi connectivity index (χ2v) is 8.34. The first-order valence-electron chi connectivity index (χ1n) is 10.7. The fourth-order valence-corrected chi connectivity index (χ4v) is 3.49. The average Bonchev–Trinajstić information content (AvgIpc) is 2.65. The summed E-state index contributed by atoms with van der Waals surface area (Å²) < 4.78 is 4.95. The zero-order valence-electron chi connectivity index (χ0n) is 18.9. The van der Waals surface area contributed by atoms with E-state index in [0.717, 1.165) is 50.5 Å². The van der Waals surface area contributed by atoms with Gasteiger partial charge in [-0.3, -0.25) is 0 Å². The number of hydrogen-bond acceptors (Lipinski definition) is 2. The molecule has 0 aromatic heterocycles. The molecule has 0 amide bonds. The molecule has 1 rings (SSSR count). The van der Waals surface area contributed by atoms with E-state index in [0.29, 0.717) is 5.92 Å². The molecule has 0 unspecified atom stereocenters. The molecule has 0 heterocycles. The Balaban J connectivity index is 2.95. The van der Waals surface area contributed by atoms with Gasteiger partial charge >= 0.3 is 5.97 Å². The molecule has 0 bridgehead atoms. The Labute approximate surface area is 173 Å². The highest BCUT2D eigenvalue weighted by molar-refractivity contribution is 5.88. The lowest BCUT2D eigenvalue weighted by molar-refractivity contribution is -0.136. The number of carbonyl (C=O) groups excluding carboxylic acids is 1. The zero-order valence-corrected chi connectivity index (χ0v) is 18.9. The van der Waals surface area contributed by atoms with Crippen molar-refractivity contribution in [2.24, 2.45) is 5.92 Å². The van der Waals surface area contributed by atoms with Crippen LogP contribution in [-0.4, -0.2) is 13.1 Å². The number of methoxy groups -OCH3 is 1. The van der Waals surface area contributed by atoms with E-state index in [1.807, 2.05) is 0 Å². The van der Waals surface area contributed by atoms with Crippen molar-refractivity contribution in [3.8, 4) is 0 Å². The maximum atomic E-state index is 12.0. The summed E-state index contributed by atoms with van der Waals surface area (Å²) in [4.78, 5) is 12.0. The predicted molar refractivity (Wildman–Crippen MR) is 121 cm³/mol. The summed E-state index contributed by atoms with van der Waals surface area (Å²) in [6.07, 6.45) is 19.5. The Kier molecular flexibility index (Phi) is 11.6. The zero-order chi connectivity index (χ0) is 20.9. The highest BCUT2D eigenvalue weighted by atomic mass is 16.5. The van der Waals surface area contributed by atoms with Crippen LogP contribution in [0.2, 0.25) is 0 Å². The SMILES string of the molecule is COC(=O)/C1=C/CC/C(C)=C/C[C@H](/C(C)=C/CC=C(C)C)CC/C(C)=C/CC1. The molecule has 0 saturated carbocycles. The van der Waals surface area contributed by atoms with Crippen molar-refractivity contribution in [2.75, 3.05) is 7.11 Å². The van der Waals surface area contributed by atoms with Crippen molar-refractivity contribution in [3.63, 3.8) is 0 Å². The third kappa shape index (κ3) is 9.92. The van der Waals surface area contributed by atoms with Gasteiger partial charge in [0, 0.05) is 5.57 Å². The van der Waals surface area contributed by atoms with Gasteiger partial charge in [0.25, 0.3) is 0 Å². The Hall–Kier alpha value is -1.83. The van der Waals surface area contributed by atoms with Crippen LogP contribution in [0.1, 0.15) is 86.0 Å². The summed E-state index contributed by atoms with van der Waals surface area (Å²) in [6.45, 7) is 11.0. The average molecular weight is 385 g/mol. The van der Waals surface area contributed by atoms with Crippen molar-refractivity contribution in [1.82, 2.24) is 0 Å². The molecular weight excluding hydrogens is 344 g/mol. The summed E-state index contributed by atoms with van der Waals surface area (Å²) in [5.41, 5.74) is 6.53. The highest BCUT2D eigenvalue weighted by Crippen LogP contribution is 2.26. The van der Waals surface area contributed by atoms with Crippen LogP contribution in [0.3, 0.4) is 0 Å². The van der Waals surface area contributed by atoms with Gasteiger partial charge in [-0.25, -0.2) is 4.79 Å². The van der Waals surface area contributed by atoms with E-state index in [2.05, 4.69) is 65.0 Å². The maximum Gasteiger partial charge on any atom is 0.333 e. The molecule has 0 aliphatic heterocycles. The van der Waals surface area contributed by atoms with Crippen LogP contribution in [-0.2, 0) is 9.53 Å². The highest BCUT2D eigenvalue weighted by Gasteiger charge is 2.12. The Morgan fingerprint density at radius 2 is 1.68 bits per heavy atom. The molecule has 0 saturated heterocycles. The summed E-state index contributed by atoms with van der Waals surface area (Å²) in [6, 6.07) is 0. The molecule has 2 nitrogen and oxygen atoms in total. The van der Waals surface area contributed by atoms with Gasteiger partial charge in [0.2, 0.25) is 0 Å². The molecule has 0 spiro atoms. The Bertz CT molecular complexity index is 652. The fraction of sp³-hybridized carbons (Fsp3) is 0.577. The first kappa shape index (κ1) is 24.2. The van der Waals surface area contributed by atoms with Crippen molar-refractivity contribution in [2.45, 2.75) is 86.0 Å². The maximum absolute atomic E-state index is 12.0. The lowest BCUT2D eigenvalue weighted by Gasteiger charge is -2.18.